The van der Waals surface area contributed by atoms with Gasteiger partial charge in [-0.2, -0.15) is 8.42 Å². The highest BCUT2D eigenvalue weighted by atomic mass is 35.5. The number of halogens is 1. The second-order valence-corrected chi connectivity index (χ2v) is 8.16. The Morgan fingerprint density at radius 3 is 2.48 bits per heavy atom. The van der Waals surface area contributed by atoms with Crippen LogP contribution in [0.3, 0.4) is 0 Å². The van der Waals surface area contributed by atoms with E-state index in [0.29, 0.717) is 16.7 Å². The Balaban J connectivity index is 1.83. The van der Waals surface area contributed by atoms with Crippen LogP contribution in [0.2, 0.25) is 5.02 Å². The van der Waals surface area contributed by atoms with Gasteiger partial charge in [-0.25, -0.2) is 0 Å². The standard InChI is InChI=1S/C16H15ClN2O2S2/c17-14-6-8-15(9-7-14)23(20,21)18-16-19(10-11-22-16)12-13-4-2-1-3-5-13/h1-9H,10-12H2/b18-16-. The van der Waals surface area contributed by atoms with Crippen molar-refractivity contribution in [2.24, 2.45) is 4.40 Å². The molecule has 1 fully saturated rings. The van der Waals surface area contributed by atoms with Gasteiger partial charge in [0.15, 0.2) is 5.17 Å². The van der Waals surface area contributed by atoms with Crippen LogP contribution in [0.25, 0.3) is 0 Å². The van der Waals surface area contributed by atoms with Gasteiger partial charge in [-0.3, -0.25) is 0 Å². The van der Waals surface area contributed by atoms with Crippen molar-refractivity contribution in [3.05, 3.63) is 65.2 Å². The van der Waals surface area contributed by atoms with Gasteiger partial charge in [0.2, 0.25) is 0 Å². The summed E-state index contributed by atoms with van der Waals surface area (Å²) in [5, 5.41) is 1.04. The molecule has 0 N–H and O–H groups in total. The van der Waals surface area contributed by atoms with Gasteiger partial charge in [0.05, 0.1) is 4.90 Å². The van der Waals surface area contributed by atoms with Gasteiger partial charge in [0, 0.05) is 23.9 Å². The molecule has 0 aliphatic carbocycles. The smallest absolute Gasteiger partial charge is 0.284 e. The molecule has 4 nitrogen and oxygen atoms in total. The third-order valence-corrected chi connectivity index (χ3v) is 6.03. The molecule has 7 heteroatoms. The van der Waals surface area contributed by atoms with E-state index in [1.54, 1.807) is 12.1 Å². The minimum Gasteiger partial charge on any atom is -0.345 e. The molecule has 1 aliphatic rings. The van der Waals surface area contributed by atoms with E-state index >= 15 is 0 Å². The van der Waals surface area contributed by atoms with Gasteiger partial charge in [0.1, 0.15) is 0 Å². The van der Waals surface area contributed by atoms with Crippen LogP contribution < -0.4 is 0 Å². The number of thioether (sulfide) groups is 1. The zero-order valence-corrected chi connectivity index (χ0v) is 14.6. The van der Waals surface area contributed by atoms with Gasteiger partial charge < -0.3 is 4.90 Å². The lowest BCUT2D eigenvalue weighted by Crippen LogP contribution is -2.24. The Kier molecular flexibility index (Phi) is 4.94. The number of hydrogen-bond donors (Lipinski definition) is 0. The van der Waals surface area contributed by atoms with E-state index in [2.05, 4.69) is 4.40 Å². The average molecular weight is 367 g/mol. The fourth-order valence-corrected chi connectivity index (χ4v) is 4.60. The quantitative estimate of drug-likeness (QED) is 0.829. The van der Waals surface area contributed by atoms with E-state index in [9.17, 15) is 8.42 Å². The molecule has 120 valence electrons. The first-order valence-electron chi connectivity index (χ1n) is 7.07. The predicted molar refractivity (Wildman–Crippen MR) is 95.4 cm³/mol. The van der Waals surface area contributed by atoms with E-state index < -0.39 is 10.0 Å². The third kappa shape index (κ3) is 4.07. The van der Waals surface area contributed by atoms with Gasteiger partial charge in [-0.05, 0) is 29.8 Å². The second kappa shape index (κ2) is 6.95. The summed E-state index contributed by atoms with van der Waals surface area (Å²) >= 11 is 7.27. The molecule has 1 heterocycles. The average Bonchev–Trinajstić information content (AvgIpc) is 2.95. The first-order valence-corrected chi connectivity index (χ1v) is 9.87. The molecular weight excluding hydrogens is 352 g/mol. The molecule has 3 rings (SSSR count). The number of rotatable bonds is 4. The van der Waals surface area contributed by atoms with Crippen molar-refractivity contribution >= 4 is 38.6 Å². The summed E-state index contributed by atoms with van der Waals surface area (Å²) in [5.41, 5.74) is 1.13. The molecular formula is C16H15ClN2O2S2. The summed E-state index contributed by atoms with van der Waals surface area (Å²) in [6.45, 7) is 1.44. The van der Waals surface area contributed by atoms with Crippen molar-refractivity contribution in [2.75, 3.05) is 12.3 Å². The first-order chi connectivity index (χ1) is 11.0. The summed E-state index contributed by atoms with van der Waals surface area (Å²) < 4.78 is 28.9. The SMILES string of the molecule is O=S(=O)(/N=C1\SCCN1Cc1ccccc1)c1ccc(Cl)cc1. The lowest BCUT2D eigenvalue weighted by molar-refractivity contribution is 0.457. The predicted octanol–water partition coefficient (Wildman–Crippen LogP) is 3.63. The van der Waals surface area contributed by atoms with Crippen LogP contribution in [-0.4, -0.2) is 30.8 Å². The van der Waals surface area contributed by atoms with E-state index in [-0.39, 0.29) is 4.90 Å². The molecule has 0 spiro atoms. The monoisotopic (exact) mass is 366 g/mol. The van der Waals surface area contributed by atoms with Crippen LogP contribution in [0.1, 0.15) is 5.56 Å². The molecule has 2 aromatic carbocycles. The molecule has 0 amide bonds. The van der Waals surface area contributed by atoms with Gasteiger partial charge in [-0.1, -0.05) is 53.7 Å². The Labute approximate surface area is 145 Å². The molecule has 1 saturated heterocycles. The van der Waals surface area contributed by atoms with Crippen LogP contribution >= 0.6 is 23.4 Å². The molecule has 0 radical (unpaired) electrons. The van der Waals surface area contributed by atoms with Crippen LogP contribution in [0, 0.1) is 0 Å². The molecule has 2 aromatic rings. The van der Waals surface area contributed by atoms with Crippen LogP contribution in [0.4, 0.5) is 0 Å². The minimum atomic E-state index is -3.72. The Morgan fingerprint density at radius 1 is 1.09 bits per heavy atom. The van der Waals surface area contributed by atoms with Crippen molar-refractivity contribution in [2.45, 2.75) is 11.4 Å². The van der Waals surface area contributed by atoms with Crippen LogP contribution in [-0.2, 0) is 16.6 Å². The highest BCUT2D eigenvalue weighted by Gasteiger charge is 2.23. The Bertz CT molecular complexity index is 806. The van der Waals surface area contributed by atoms with E-state index in [1.165, 1.54) is 23.9 Å². The Hall–Kier alpha value is -1.50. The molecule has 1 aliphatic heterocycles. The summed E-state index contributed by atoms with van der Waals surface area (Å²) in [7, 11) is -3.72. The maximum Gasteiger partial charge on any atom is 0.284 e. The molecule has 23 heavy (non-hydrogen) atoms. The van der Waals surface area contributed by atoms with Crippen LogP contribution in [0.5, 0.6) is 0 Å². The Morgan fingerprint density at radius 2 is 1.78 bits per heavy atom. The fraction of sp³-hybridized carbons (Fsp3) is 0.188. The maximum atomic E-state index is 12.4. The number of sulfonamides is 1. The lowest BCUT2D eigenvalue weighted by Gasteiger charge is -2.17. The molecule has 0 aromatic heterocycles. The normalized spacial score (nSPS) is 16.9. The third-order valence-electron chi connectivity index (χ3n) is 3.39. The maximum absolute atomic E-state index is 12.4. The summed E-state index contributed by atoms with van der Waals surface area (Å²) in [5.74, 6) is 0.835. The van der Waals surface area contributed by atoms with Crippen molar-refractivity contribution in [3.63, 3.8) is 0 Å². The number of amidine groups is 1. The van der Waals surface area contributed by atoms with Gasteiger partial charge in [-0.15, -0.1) is 4.40 Å². The van der Waals surface area contributed by atoms with Crippen molar-refractivity contribution in [1.82, 2.24) is 4.90 Å². The largest absolute Gasteiger partial charge is 0.345 e. The molecule has 0 unspecified atom stereocenters. The van der Waals surface area contributed by atoms with Crippen molar-refractivity contribution in [1.29, 1.82) is 0 Å². The van der Waals surface area contributed by atoms with Crippen LogP contribution in [0.15, 0.2) is 63.9 Å². The van der Waals surface area contributed by atoms with E-state index in [0.717, 1.165) is 17.9 Å². The highest BCUT2D eigenvalue weighted by Crippen LogP contribution is 2.24. The molecule has 0 bridgehead atoms. The topological polar surface area (TPSA) is 49.7 Å². The molecule has 0 saturated carbocycles. The summed E-state index contributed by atoms with van der Waals surface area (Å²) in [6.07, 6.45) is 0. The number of benzene rings is 2. The fourth-order valence-electron chi connectivity index (χ4n) is 2.23. The summed E-state index contributed by atoms with van der Waals surface area (Å²) in [6, 6.07) is 16.0. The van der Waals surface area contributed by atoms with Gasteiger partial charge >= 0.3 is 0 Å². The zero-order valence-electron chi connectivity index (χ0n) is 12.2. The number of nitrogens with zero attached hydrogens (tertiary/aromatic N) is 2. The lowest BCUT2D eigenvalue weighted by atomic mass is 10.2. The number of hydrogen-bond acceptors (Lipinski definition) is 3. The summed E-state index contributed by atoms with van der Waals surface area (Å²) in [4.78, 5) is 2.15. The van der Waals surface area contributed by atoms with Crippen molar-refractivity contribution < 1.29 is 8.42 Å². The van der Waals surface area contributed by atoms with Gasteiger partial charge in [0.25, 0.3) is 10.0 Å². The highest BCUT2D eigenvalue weighted by molar-refractivity contribution is 8.14. The first kappa shape index (κ1) is 16.4. The second-order valence-electron chi connectivity index (χ2n) is 5.06. The van der Waals surface area contributed by atoms with E-state index in [4.69, 9.17) is 11.6 Å². The van der Waals surface area contributed by atoms with E-state index in [1.807, 2.05) is 35.2 Å². The minimum absolute atomic E-state index is 0.154. The molecule has 0 atom stereocenters. The van der Waals surface area contributed by atoms with Crippen molar-refractivity contribution in [3.8, 4) is 0 Å². The zero-order chi connectivity index (χ0) is 16.3.